The smallest absolute Gasteiger partial charge is 0.462 e. The number of unbranched alkanes of at least 4 members (excludes halogenated alkanes) is 41. The van der Waals surface area contributed by atoms with E-state index in [1.807, 2.05) is 0 Å². The Bertz CT molecular complexity index is 1700. The summed E-state index contributed by atoms with van der Waals surface area (Å²) in [6.07, 6.45) is 48.5. The number of hydrogen-bond acceptors (Lipinski definition) is 15. The third-order valence-corrected chi connectivity index (χ3v) is 17.9. The molecule has 19 heteroatoms. The summed E-state index contributed by atoms with van der Waals surface area (Å²) < 4.78 is 68.1. The lowest BCUT2D eigenvalue weighted by Crippen LogP contribution is -2.30. The van der Waals surface area contributed by atoms with Gasteiger partial charge >= 0.3 is 39.5 Å². The minimum atomic E-state index is -4.95. The van der Waals surface area contributed by atoms with Crippen molar-refractivity contribution >= 4 is 39.5 Å². The Balaban J connectivity index is 5.19. The number of carbonyl (C=O) groups is 4. The molecule has 0 amide bonds. The van der Waals surface area contributed by atoms with Crippen LogP contribution in [0.2, 0.25) is 0 Å². The summed E-state index contributed by atoms with van der Waals surface area (Å²) in [7, 11) is -9.89. The number of esters is 4. The second-order valence-electron chi connectivity index (χ2n) is 25.4. The first kappa shape index (κ1) is 86.1. The van der Waals surface area contributed by atoms with E-state index in [4.69, 9.17) is 37.0 Å². The first-order valence-electron chi connectivity index (χ1n) is 36.1. The van der Waals surface area contributed by atoms with E-state index in [2.05, 4.69) is 34.6 Å². The maximum Gasteiger partial charge on any atom is 0.472 e. The lowest BCUT2D eigenvalue weighted by molar-refractivity contribution is -0.161. The molecular formula is C69H134O17P2. The van der Waals surface area contributed by atoms with Gasteiger partial charge in [0.15, 0.2) is 12.2 Å². The van der Waals surface area contributed by atoms with Crippen LogP contribution in [-0.4, -0.2) is 96.7 Å². The molecule has 0 heterocycles. The van der Waals surface area contributed by atoms with E-state index < -0.39 is 97.5 Å². The second kappa shape index (κ2) is 62.5. The molecule has 522 valence electrons. The van der Waals surface area contributed by atoms with E-state index in [-0.39, 0.29) is 25.7 Å². The highest BCUT2D eigenvalue weighted by molar-refractivity contribution is 7.47. The van der Waals surface area contributed by atoms with Gasteiger partial charge in [-0.05, 0) is 31.6 Å². The number of rotatable bonds is 69. The van der Waals surface area contributed by atoms with Crippen LogP contribution in [0.4, 0.5) is 0 Å². The number of aliphatic hydroxyl groups is 1. The molecule has 88 heavy (non-hydrogen) atoms. The first-order chi connectivity index (χ1) is 42.5. The van der Waals surface area contributed by atoms with Crippen molar-refractivity contribution < 1.29 is 80.2 Å². The van der Waals surface area contributed by atoms with Crippen LogP contribution in [0, 0.1) is 5.92 Å². The fourth-order valence-corrected chi connectivity index (χ4v) is 12.0. The monoisotopic (exact) mass is 1300 g/mol. The summed E-state index contributed by atoms with van der Waals surface area (Å²) in [5, 5.41) is 10.6. The van der Waals surface area contributed by atoms with Crippen molar-refractivity contribution in [2.75, 3.05) is 39.6 Å². The molecule has 0 radical (unpaired) electrons. The minimum Gasteiger partial charge on any atom is -0.462 e. The van der Waals surface area contributed by atoms with Gasteiger partial charge in [-0.3, -0.25) is 37.3 Å². The van der Waals surface area contributed by atoms with Gasteiger partial charge in [-0.1, -0.05) is 304 Å². The molecule has 5 atom stereocenters. The van der Waals surface area contributed by atoms with Crippen molar-refractivity contribution in [1.82, 2.24) is 0 Å². The Kier molecular flexibility index (Phi) is 61.1. The summed E-state index contributed by atoms with van der Waals surface area (Å²) in [4.78, 5) is 72.4. The molecule has 0 aromatic carbocycles. The van der Waals surface area contributed by atoms with E-state index in [0.29, 0.717) is 25.7 Å². The van der Waals surface area contributed by atoms with E-state index in [1.54, 1.807) is 0 Å². The standard InChI is InChI=1S/C69H134O17P2/c1-6-9-12-15-18-21-23-30-34-38-43-48-53-67(72)80-59-65(86-69(74)55-50-45-40-35-31-28-26-24-25-27-29-32-36-41-46-51-62(4)5)61-84-88(77,78)82-57-63(70)56-81-87(75,76)83-60-64(58-79-66(71)52-47-42-37-20-17-14-11-8-3)85-68(73)54-49-44-39-33-22-19-16-13-10-7-2/h62-65,70H,6-61H2,1-5H3,(H,75,76)(H,77,78)/t63-,64+,65+/m0/s1. The topological polar surface area (TPSA) is 237 Å². The molecule has 0 rings (SSSR count). The summed E-state index contributed by atoms with van der Waals surface area (Å²) >= 11 is 0. The maximum atomic E-state index is 13.0. The molecule has 0 aliphatic heterocycles. The molecule has 0 aromatic rings. The third-order valence-electron chi connectivity index (χ3n) is 16.0. The number of carbonyl (C=O) groups excluding carboxylic acids is 4. The van der Waals surface area contributed by atoms with Gasteiger partial charge in [0.05, 0.1) is 26.4 Å². The van der Waals surface area contributed by atoms with Crippen LogP contribution in [0.1, 0.15) is 356 Å². The van der Waals surface area contributed by atoms with Crippen molar-refractivity contribution in [3.63, 3.8) is 0 Å². The summed E-state index contributed by atoms with van der Waals surface area (Å²) in [6.45, 7) is 7.23. The lowest BCUT2D eigenvalue weighted by Gasteiger charge is -2.21. The number of hydrogen-bond donors (Lipinski definition) is 3. The number of ether oxygens (including phenoxy) is 4. The maximum absolute atomic E-state index is 13.0. The summed E-state index contributed by atoms with van der Waals surface area (Å²) in [6, 6.07) is 0. The molecule has 0 saturated carbocycles. The molecule has 0 aliphatic carbocycles. The van der Waals surface area contributed by atoms with Crippen LogP contribution in [0.3, 0.4) is 0 Å². The zero-order valence-corrected chi connectivity index (χ0v) is 58.6. The van der Waals surface area contributed by atoms with E-state index >= 15 is 0 Å². The Morgan fingerprint density at radius 3 is 0.773 bits per heavy atom. The summed E-state index contributed by atoms with van der Waals surface area (Å²) in [5.74, 6) is -1.32. The highest BCUT2D eigenvalue weighted by Crippen LogP contribution is 2.45. The summed E-state index contributed by atoms with van der Waals surface area (Å²) in [5.41, 5.74) is 0. The van der Waals surface area contributed by atoms with Crippen LogP contribution in [0.15, 0.2) is 0 Å². The molecule has 17 nitrogen and oxygen atoms in total. The zero-order chi connectivity index (χ0) is 64.9. The molecule has 0 aromatic heterocycles. The fourth-order valence-electron chi connectivity index (χ4n) is 10.5. The predicted molar refractivity (Wildman–Crippen MR) is 354 cm³/mol. The van der Waals surface area contributed by atoms with Crippen molar-refractivity contribution in [3.05, 3.63) is 0 Å². The molecule has 0 fully saturated rings. The average molecular weight is 1300 g/mol. The van der Waals surface area contributed by atoms with Gasteiger partial charge < -0.3 is 33.8 Å². The second-order valence-corrected chi connectivity index (χ2v) is 28.3. The highest BCUT2D eigenvalue weighted by atomic mass is 31.2. The largest absolute Gasteiger partial charge is 0.472 e. The SMILES string of the molecule is CCCCCCCCCCCCCCC(=O)OC[C@H](COP(=O)(O)OC[C@@H](O)COP(=O)(O)OC[C@@H](COC(=O)CCCCCCCCCC)OC(=O)CCCCCCCCCCCC)OC(=O)CCCCCCCCCCCCCCCCCC(C)C. The van der Waals surface area contributed by atoms with E-state index in [1.165, 1.54) is 173 Å². The highest BCUT2D eigenvalue weighted by Gasteiger charge is 2.30. The first-order valence-corrected chi connectivity index (χ1v) is 39.1. The van der Waals surface area contributed by atoms with Gasteiger partial charge in [-0.2, -0.15) is 0 Å². The van der Waals surface area contributed by atoms with Crippen molar-refractivity contribution in [1.29, 1.82) is 0 Å². The molecule has 0 saturated heterocycles. The normalized spacial score (nSPS) is 14.1. The van der Waals surface area contributed by atoms with Crippen molar-refractivity contribution in [2.45, 2.75) is 374 Å². The Labute approximate surface area is 537 Å². The number of aliphatic hydroxyl groups excluding tert-OH is 1. The number of phosphoric acid groups is 2. The van der Waals surface area contributed by atoms with Gasteiger partial charge in [-0.25, -0.2) is 9.13 Å². The van der Waals surface area contributed by atoms with Crippen LogP contribution in [0.5, 0.6) is 0 Å². The van der Waals surface area contributed by atoms with Crippen molar-refractivity contribution in [3.8, 4) is 0 Å². The molecule has 0 spiro atoms. The lowest BCUT2D eigenvalue weighted by atomic mass is 10.0. The minimum absolute atomic E-state index is 0.106. The Morgan fingerprint density at radius 1 is 0.307 bits per heavy atom. The molecule has 2 unspecified atom stereocenters. The quantitative estimate of drug-likeness (QED) is 0.0222. The predicted octanol–water partition coefficient (Wildman–Crippen LogP) is 19.7. The van der Waals surface area contributed by atoms with Crippen LogP contribution >= 0.6 is 15.6 Å². The van der Waals surface area contributed by atoms with Gasteiger partial charge in [0.2, 0.25) is 0 Å². The van der Waals surface area contributed by atoms with Gasteiger partial charge in [0.1, 0.15) is 19.3 Å². The number of phosphoric ester groups is 2. The van der Waals surface area contributed by atoms with Crippen LogP contribution in [-0.2, 0) is 65.4 Å². The molecule has 3 N–H and O–H groups in total. The fraction of sp³-hybridized carbons (Fsp3) is 0.942. The van der Waals surface area contributed by atoms with Crippen LogP contribution < -0.4 is 0 Å². The molecule has 0 bridgehead atoms. The van der Waals surface area contributed by atoms with E-state index in [9.17, 15) is 43.2 Å². The molecular weight excluding hydrogens is 1160 g/mol. The zero-order valence-electron chi connectivity index (χ0n) is 56.9. The Morgan fingerprint density at radius 2 is 0.523 bits per heavy atom. The van der Waals surface area contributed by atoms with Gasteiger partial charge in [0.25, 0.3) is 0 Å². The van der Waals surface area contributed by atoms with Crippen molar-refractivity contribution in [2.24, 2.45) is 5.92 Å². The molecule has 0 aliphatic rings. The van der Waals surface area contributed by atoms with Gasteiger partial charge in [-0.15, -0.1) is 0 Å². The van der Waals surface area contributed by atoms with Crippen LogP contribution in [0.25, 0.3) is 0 Å². The Hall–Kier alpha value is -1.94. The van der Waals surface area contributed by atoms with E-state index in [0.717, 1.165) is 102 Å². The third kappa shape index (κ3) is 62.8. The average Bonchev–Trinajstić information content (AvgIpc) is 3.52. The van der Waals surface area contributed by atoms with Gasteiger partial charge in [0, 0.05) is 25.7 Å².